The fraction of sp³-hybridized carbons (Fsp3) is 0. The highest BCUT2D eigenvalue weighted by Crippen LogP contribution is 2.22. The number of rotatable bonds is 1. The second kappa shape index (κ2) is 2.84. The van der Waals surface area contributed by atoms with Crippen molar-refractivity contribution in [2.24, 2.45) is 0 Å². The molecule has 0 bridgehead atoms. The van der Waals surface area contributed by atoms with E-state index in [1.165, 1.54) is 0 Å². The molecule has 1 N–H and O–H groups in total. The van der Waals surface area contributed by atoms with Gasteiger partial charge in [0.2, 0.25) is 11.5 Å². The summed E-state index contributed by atoms with van der Waals surface area (Å²) in [5.74, 6) is 1.29. The van der Waals surface area contributed by atoms with Crippen LogP contribution in [0.25, 0.3) is 17.2 Å². The Hall–Kier alpha value is -2.30. The minimum Gasteiger partial charge on any atom is -0.504 e. The molecule has 3 aromatic heterocycles. The third-order valence-corrected chi connectivity index (χ3v) is 2.16. The van der Waals surface area contributed by atoms with Crippen molar-refractivity contribution in [2.75, 3.05) is 0 Å². The molecule has 3 rings (SSSR count). The molecular weight excluding hydrogens is 194 g/mol. The van der Waals surface area contributed by atoms with E-state index in [-0.39, 0.29) is 5.75 Å². The SMILES string of the molecule is Oc1cccn2c(-c3ccco3)nnc12. The molecule has 0 aliphatic rings. The van der Waals surface area contributed by atoms with E-state index >= 15 is 0 Å². The number of furan rings is 1. The van der Waals surface area contributed by atoms with Crippen LogP contribution in [0.3, 0.4) is 0 Å². The van der Waals surface area contributed by atoms with Gasteiger partial charge in [-0.3, -0.25) is 4.40 Å². The monoisotopic (exact) mass is 201 g/mol. The Balaban J connectivity index is 2.34. The molecule has 0 unspecified atom stereocenters. The van der Waals surface area contributed by atoms with Crippen molar-refractivity contribution in [3.63, 3.8) is 0 Å². The number of hydrogen-bond acceptors (Lipinski definition) is 4. The molecule has 0 fully saturated rings. The zero-order valence-corrected chi connectivity index (χ0v) is 7.66. The standard InChI is InChI=1S/C10H7N3O2/c14-7-3-1-5-13-9(7)11-12-10(13)8-4-2-6-15-8/h1-6,14H. The highest BCUT2D eigenvalue weighted by Gasteiger charge is 2.11. The van der Waals surface area contributed by atoms with Crippen LogP contribution in [0.2, 0.25) is 0 Å². The number of nitrogens with zero attached hydrogens (tertiary/aromatic N) is 3. The van der Waals surface area contributed by atoms with Crippen LogP contribution in [-0.4, -0.2) is 19.7 Å². The molecule has 0 saturated heterocycles. The van der Waals surface area contributed by atoms with Gasteiger partial charge in [0.1, 0.15) is 0 Å². The van der Waals surface area contributed by atoms with E-state index in [9.17, 15) is 5.11 Å². The second-order valence-electron chi connectivity index (χ2n) is 3.09. The van der Waals surface area contributed by atoms with Crippen LogP contribution in [0, 0.1) is 0 Å². The van der Waals surface area contributed by atoms with E-state index in [0.29, 0.717) is 17.2 Å². The highest BCUT2D eigenvalue weighted by molar-refractivity contribution is 5.59. The van der Waals surface area contributed by atoms with E-state index in [2.05, 4.69) is 10.2 Å². The normalized spacial score (nSPS) is 10.9. The third-order valence-electron chi connectivity index (χ3n) is 2.16. The van der Waals surface area contributed by atoms with Gasteiger partial charge in [0.15, 0.2) is 11.5 Å². The Kier molecular flexibility index (Phi) is 1.53. The maximum absolute atomic E-state index is 9.53. The van der Waals surface area contributed by atoms with E-state index in [1.54, 1.807) is 41.1 Å². The quantitative estimate of drug-likeness (QED) is 0.650. The summed E-state index contributed by atoms with van der Waals surface area (Å²) in [5.41, 5.74) is 0.420. The van der Waals surface area contributed by atoms with E-state index in [0.717, 1.165) is 0 Å². The molecule has 5 nitrogen and oxygen atoms in total. The molecule has 0 atom stereocenters. The first-order chi connectivity index (χ1) is 7.36. The first-order valence-electron chi connectivity index (χ1n) is 4.43. The van der Waals surface area contributed by atoms with Gasteiger partial charge in [-0.1, -0.05) is 0 Å². The van der Waals surface area contributed by atoms with Gasteiger partial charge < -0.3 is 9.52 Å². The molecule has 0 spiro atoms. The Morgan fingerprint density at radius 3 is 2.93 bits per heavy atom. The van der Waals surface area contributed by atoms with Crippen molar-refractivity contribution in [3.8, 4) is 17.3 Å². The van der Waals surface area contributed by atoms with Crippen molar-refractivity contribution < 1.29 is 9.52 Å². The van der Waals surface area contributed by atoms with E-state index in [4.69, 9.17) is 4.42 Å². The van der Waals surface area contributed by atoms with Crippen molar-refractivity contribution in [1.29, 1.82) is 0 Å². The maximum Gasteiger partial charge on any atom is 0.204 e. The Morgan fingerprint density at radius 2 is 2.13 bits per heavy atom. The molecule has 0 aromatic carbocycles. The molecule has 0 aliphatic carbocycles. The van der Waals surface area contributed by atoms with Gasteiger partial charge in [-0.05, 0) is 24.3 Å². The highest BCUT2D eigenvalue weighted by atomic mass is 16.3. The number of hydrogen-bond donors (Lipinski definition) is 1. The first kappa shape index (κ1) is 8.05. The van der Waals surface area contributed by atoms with Gasteiger partial charge in [-0.2, -0.15) is 0 Å². The van der Waals surface area contributed by atoms with Crippen LogP contribution < -0.4 is 0 Å². The van der Waals surface area contributed by atoms with E-state index in [1.807, 2.05) is 0 Å². The lowest BCUT2D eigenvalue weighted by Gasteiger charge is -1.96. The van der Waals surface area contributed by atoms with E-state index < -0.39 is 0 Å². The van der Waals surface area contributed by atoms with Crippen LogP contribution in [-0.2, 0) is 0 Å². The fourth-order valence-electron chi connectivity index (χ4n) is 1.48. The van der Waals surface area contributed by atoms with Crippen molar-refractivity contribution in [2.45, 2.75) is 0 Å². The summed E-state index contributed by atoms with van der Waals surface area (Å²) in [6, 6.07) is 6.85. The molecule has 5 heteroatoms. The predicted octanol–water partition coefficient (Wildman–Crippen LogP) is 1.69. The number of aromatic hydroxyl groups is 1. The smallest absolute Gasteiger partial charge is 0.204 e. The molecule has 15 heavy (non-hydrogen) atoms. The summed E-state index contributed by atoms with van der Waals surface area (Å²) >= 11 is 0. The Bertz CT molecular complexity index is 598. The zero-order valence-electron chi connectivity index (χ0n) is 7.66. The van der Waals surface area contributed by atoms with Crippen LogP contribution in [0.4, 0.5) is 0 Å². The molecule has 0 radical (unpaired) electrons. The van der Waals surface area contributed by atoms with Gasteiger partial charge in [-0.25, -0.2) is 0 Å². The van der Waals surface area contributed by atoms with Gasteiger partial charge in [0, 0.05) is 6.20 Å². The van der Waals surface area contributed by atoms with Crippen molar-refractivity contribution >= 4 is 5.65 Å². The summed E-state index contributed by atoms with van der Waals surface area (Å²) < 4.78 is 6.90. The number of pyridine rings is 1. The summed E-state index contributed by atoms with van der Waals surface area (Å²) in [5, 5.41) is 17.4. The lowest BCUT2D eigenvalue weighted by atomic mass is 10.4. The summed E-state index contributed by atoms with van der Waals surface area (Å²) in [6.45, 7) is 0. The maximum atomic E-state index is 9.53. The molecule has 3 heterocycles. The number of aromatic nitrogens is 3. The third kappa shape index (κ3) is 1.10. The van der Waals surface area contributed by atoms with Crippen LogP contribution in [0.5, 0.6) is 5.75 Å². The molecule has 0 amide bonds. The fourth-order valence-corrected chi connectivity index (χ4v) is 1.48. The number of fused-ring (bicyclic) bond motifs is 1. The summed E-state index contributed by atoms with van der Waals surface area (Å²) in [4.78, 5) is 0. The molecule has 0 saturated carbocycles. The minimum atomic E-state index is 0.0998. The second-order valence-corrected chi connectivity index (χ2v) is 3.09. The van der Waals surface area contributed by atoms with Gasteiger partial charge in [0.05, 0.1) is 6.26 Å². The molecule has 3 aromatic rings. The van der Waals surface area contributed by atoms with Gasteiger partial charge in [0.25, 0.3) is 0 Å². The van der Waals surface area contributed by atoms with Gasteiger partial charge >= 0.3 is 0 Å². The topological polar surface area (TPSA) is 63.6 Å². The summed E-state index contributed by atoms with van der Waals surface area (Å²) in [6.07, 6.45) is 3.34. The lowest BCUT2D eigenvalue weighted by Crippen LogP contribution is -1.87. The van der Waals surface area contributed by atoms with Crippen molar-refractivity contribution in [3.05, 3.63) is 36.7 Å². The molecular formula is C10H7N3O2. The average Bonchev–Trinajstić information content (AvgIpc) is 2.85. The Labute approximate surface area is 84.6 Å². The lowest BCUT2D eigenvalue weighted by molar-refractivity contribution is 0.477. The Morgan fingerprint density at radius 1 is 1.20 bits per heavy atom. The molecule has 0 aliphatic heterocycles. The zero-order chi connectivity index (χ0) is 10.3. The minimum absolute atomic E-state index is 0.0998. The van der Waals surface area contributed by atoms with Gasteiger partial charge in [-0.15, -0.1) is 10.2 Å². The first-order valence-corrected chi connectivity index (χ1v) is 4.43. The van der Waals surface area contributed by atoms with Crippen molar-refractivity contribution in [1.82, 2.24) is 14.6 Å². The van der Waals surface area contributed by atoms with Crippen LogP contribution in [0.15, 0.2) is 41.1 Å². The van der Waals surface area contributed by atoms with Crippen LogP contribution in [0.1, 0.15) is 0 Å². The predicted molar refractivity (Wildman–Crippen MR) is 52.4 cm³/mol. The molecule has 74 valence electrons. The largest absolute Gasteiger partial charge is 0.504 e. The summed E-state index contributed by atoms with van der Waals surface area (Å²) in [7, 11) is 0. The average molecular weight is 201 g/mol. The van der Waals surface area contributed by atoms with Crippen LogP contribution >= 0.6 is 0 Å².